The van der Waals surface area contributed by atoms with Gasteiger partial charge in [0.05, 0.1) is 0 Å². The first kappa shape index (κ1) is 17.0. The molecule has 1 saturated heterocycles. The molecule has 4 nitrogen and oxygen atoms in total. The number of halogens is 1. The van der Waals surface area contributed by atoms with Gasteiger partial charge < -0.3 is 15.1 Å². The summed E-state index contributed by atoms with van der Waals surface area (Å²) < 4.78 is 13.9. The van der Waals surface area contributed by atoms with Crippen molar-refractivity contribution < 1.29 is 9.18 Å². The maximum atomic E-state index is 13.9. The van der Waals surface area contributed by atoms with Crippen molar-refractivity contribution in [1.82, 2.24) is 4.90 Å². The number of hydrogen-bond donors (Lipinski definition) is 1. The number of nitrogens with zero attached hydrogens (tertiary/aromatic N) is 2. The molecule has 1 saturated carbocycles. The third-order valence-corrected chi connectivity index (χ3v) is 5.44. The van der Waals surface area contributed by atoms with E-state index in [1.165, 1.54) is 11.8 Å². The molecule has 1 amide bonds. The number of likely N-dealkylation sites (N-methyl/N-ethyl adjacent to an activating group) is 1. The van der Waals surface area contributed by atoms with Crippen LogP contribution in [0.2, 0.25) is 0 Å². The van der Waals surface area contributed by atoms with E-state index < -0.39 is 0 Å². The number of piperazine rings is 1. The van der Waals surface area contributed by atoms with Crippen LogP contribution in [0.15, 0.2) is 48.5 Å². The van der Waals surface area contributed by atoms with Crippen LogP contribution < -0.4 is 10.2 Å². The second-order valence-corrected chi connectivity index (χ2v) is 7.30. The van der Waals surface area contributed by atoms with Crippen molar-refractivity contribution in [2.24, 2.45) is 5.92 Å². The normalized spacial score (nSPS) is 22.9. The molecule has 4 rings (SSSR count). The molecule has 2 aliphatic rings. The second-order valence-electron chi connectivity index (χ2n) is 7.30. The Bertz CT molecular complexity index is 784. The minimum absolute atomic E-state index is 0.000753. The standard InChI is InChI=1S/C21H24FN3O/c1-24-10-12-25(13-11-24)16-8-6-15(7-9-16)23-21(26)19-14-18(19)17-4-2-3-5-20(17)22/h2-9,18-19H,10-14H2,1H3,(H,23,26). The van der Waals surface area contributed by atoms with Crippen molar-refractivity contribution >= 4 is 17.3 Å². The summed E-state index contributed by atoms with van der Waals surface area (Å²) in [5.74, 6) is -0.375. The fourth-order valence-electron chi connectivity index (χ4n) is 3.66. The zero-order valence-corrected chi connectivity index (χ0v) is 15.0. The van der Waals surface area contributed by atoms with Crippen molar-refractivity contribution in [3.63, 3.8) is 0 Å². The molecular formula is C21H24FN3O. The largest absolute Gasteiger partial charge is 0.369 e. The molecule has 2 unspecified atom stereocenters. The maximum absolute atomic E-state index is 13.9. The minimum Gasteiger partial charge on any atom is -0.369 e. The highest BCUT2D eigenvalue weighted by Gasteiger charge is 2.45. The van der Waals surface area contributed by atoms with Gasteiger partial charge in [-0.05, 0) is 55.3 Å². The lowest BCUT2D eigenvalue weighted by Gasteiger charge is -2.34. The van der Waals surface area contributed by atoms with Gasteiger partial charge in [-0.15, -0.1) is 0 Å². The van der Waals surface area contributed by atoms with E-state index in [0.29, 0.717) is 12.0 Å². The molecule has 5 heteroatoms. The molecule has 2 aromatic rings. The van der Waals surface area contributed by atoms with Crippen LogP contribution >= 0.6 is 0 Å². The van der Waals surface area contributed by atoms with Gasteiger partial charge in [-0.3, -0.25) is 4.79 Å². The van der Waals surface area contributed by atoms with E-state index in [2.05, 4.69) is 34.3 Å². The van der Waals surface area contributed by atoms with Crippen molar-refractivity contribution in [1.29, 1.82) is 0 Å². The van der Waals surface area contributed by atoms with E-state index >= 15 is 0 Å². The summed E-state index contributed by atoms with van der Waals surface area (Å²) >= 11 is 0. The lowest BCUT2D eigenvalue weighted by Crippen LogP contribution is -2.44. The van der Waals surface area contributed by atoms with Crippen LogP contribution in [0.4, 0.5) is 15.8 Å². The topological polar surface area (TPSA) is 35.6 Å². The molecule has 0 aromatic heterocycles. The molecule has 1 N–H and O–H groups in total. The molecule has 2 fully saturated rings. The monoisotopic (exact) mass is 353 g/mol. The Hall–Kier alpha value is -2.40. The summed E-state index contributed by atoms with van der Waals surface area (Å²) in [7, 11) is 2.14. The predicted octanol–water partition coefficient (Wildman–Crippen LogP) is 3.32. The van der Waals surface area contributed by atoms with E-state index in [0.717, 1.165) is 31.9 Å². The molecule has 1 aliphatic heterocycles. The van der Waals surface area contributed by atoms with Gasteiger partial charge in [0.25, 0.3) is 0 Å². The molecule has 0 bridgehead atoms. The van der Waals surface area contributed by atoms with Crippen molar-refractivity contribution in [3.05, 3.63) is 59.9 Å². The fourth-order valence-corrected chi connectivity index (χ4v) is 3.66. The van der Waals surface area contributed by atoms with E-state index in [4.69, 9.17) is 0 Å². The van der Waals surface area contributed by atoms with Crippen LogP contribution in [0, 0.1) is 11.7 Å². The summed E-state index contributed by atoms with van der Waals surface area (Å²) in [6.07, 6.45) is 0.714. The minimum atomic E-state index is -0.218. The lowest BCUT2D eigenvalue weighted by atomic mass is 10.1. The van der Waals surface area contributed by atoms with Gasteiger partial charge in [0, 0.05) is 43.5 Å². The van der Waals surface area contributed by atoms with Gasteiger partial charge in [-0.25, -0.2) is 4.39 Å². The zero-order chi connectivity index (χ0) is 18.1. The SMILES string of the molecule is CN1CCN(c2ccc(NC(=O)C3CC3c3ccccc3F)cc2)CC1. The summed E-state index contributed by atoms with van der Waals surface area (Å²) in [4.78, 5) is 17.1. The van der Waals surface area contributed by atoms with E-state index in [1.54, 1.807) is 12.1 Å². The number of rotatable bonds is 4. The second kappa shape index (κ2) is 7.08. The smallest absolute Gasteiger partial charge is 0.228 e. The Morgan fingerprint density at radius 3 is 2.42 bits per heavy atom. The average Bonchev–Trinajstić information content (AvgIpc) is 3.44. The van der Waals surface area contributed by atoms with Gasteiger partial charge in [0.2, 0.25) is 5.91 Å². The zero-order valence-electron chi connectivity index (χ0n) is 15.0. The lowest BCUT2D eigenvalue weighted by molar-refractivity contribution is -0.117. The Labute approximate surface area is 153 Å². The molecule has 1 heterocycles. The molecule has 2 atom stereocenters. The first-order valence-corrected chi connectivity index (χ1v) is 9.20. The van der Waals surface area contributed by atoms with E-state index in [1.807, 2.05) is 18.2 Å². The summed E-state index contributed by atoms with van der Waals surface area (Å²) in [5.41, 5.74) is 2.64. The quantitative estimate of drug-likeness (QED) is 0.916. The molecule has 2 aromatic carbocycles. The summed E-state index contributed by atoms with van der Waals surface area (Å²) in [6, 6.07) is 14.8. The van der Waals surface area contributed by atoms with Crippen molar-refractivity contribution in [2.45, 2.75) is 12.3 Å². The van der Waals surface area contributed by atoms with Crippen LogP contribution in [0.5, 0.6) is 0 Å². The van der Waals surface area contributed by atoms with Gasteiger partial charge >= 0.3 is 0 Å². The summed E-state index contributed by atoms with van der Waals surface area (Å²) in [5, 5.41) is 2.97. The number of amides is 1. The van der Waals surface area contributed by atoms with Gasteiger partial charge in [-0.1, -0.05) is 18.2 Å². The number of hydrogen-bond acceptors (Lipinski definition) is 3. The Morgan fingerprint density at radius 1 is 1.04 bits per heavy atom. The van der Waals surface area contributed by atoms with Gasteiger partial charge in [0.1, 0.15) is 5.82 Å². The van der Waals surface area contributed by atoms with Crippen LogP contribution in [0.1, 0.15) is 17.9 Å². The van der Waals surface area contributed by atoms with Gasteiger partial charge in [0.15, 0.2) is 0 Å². The van der Waals surface area contributed by atoms with Crippen molar-refractivity contribution in [3.8, 4) is 0 Å². The third kappa shape index (κ3) is 3.58. The van der Waals surface area contributed by atoms with E-state index in [-0.39, 0.29) is 23.6 Å². The van der Waals surface area contributed by atoms with E-state index in [9.17, 15) is 9.18 Å². The van der Waals surface area contributed by atoms with Crippen LogP contribution in [0.25, 0.3) is 0 Å². The number of nitrogens with one attached hydrogen (secondary N) is 1. The Morgan fingerprint density at radius 2 is 1.73 bits per heavy atom. The first-order chi connectivity index (χ1) is 12.6. The number of benzene rings is 2. The molecule has 136 valence electrons. The van der Waals surface area contributed by atoms with Crippen LogP contribution in [-0.2, 0) is 4.79 Å². The average molecular weight is 353 g/mol. The Kier molecular flexibility index (Phi) is 4.64. The predicted molar refractivity (Wildman–Crippen MR) is 102 cm³/mol. The highest BCUT2D eigenvalue weighted by Crippen LogP contribution is 2.48. The Balaban J connectivity index is 1.35. The summed E-state index contributed by atoms with van der Waals surface area (Å²) in [6.45, 7) is 4.18. The molecule has 0 spiro atoms. The van der Waals surface area contributed by atoms with Gasteiger partial charge in [-0.2, -0.15) is 0 Å². The number of carbonyl (C=O) groups is 1. The fraction of sp³-hybridized carbons (Fsp3) is 0.381. The maximum Gasteiger partial charge on any atom is 0.228 e. The molecule has 1 aliphatic carbocycles. The molecule has 0 radical (unpaired) electrons. The van der Waals surface area contributed by atoms with Crippen LogP contribution in [-0.4, -0.2) is 44.0 Å². The molecule has 26 heavy (non-hydrogen) atoms. The number of carbonyl (C=O) groups excluding carboxylic acids is 1. The third-order valence-electron chi connectivity index (χ3n) is 5.44. The highest BCUT2D eigenvalue weighted by atomic mass is 19.1. The van der Waals surface area contributed by atoms with Crippen molar-refractivity contribution in [2.75, 3.05) is 43.4 Å². The number of anilines is 2. The molecular weight excluding hydrogens is 329 g/mol. The van der Waals surface area contributed by atoms with Crippen LogP contribution in [0.3, 0.4) is 0 Å². The highest BCUT2D eigenvalue weighted by molar-refractivity contribution is 5.95. The first-order valence-electron chi connectivity index (χ1n) is 9.20.